The van der Waals surface area contributed by atoms with Gasteiger partial charge in [-0.15, -0.1) is 0 Å². The third-order valence-corrected chi connectivity index (χ3v) is 6.08. The van der Waals surface area contributed by atoms with Gasteiger partial charge >= 0.3 is 5.97 Å². The summed E-state index contributed by atoms with van der Waals surface area (Å²) in [5.41, 5.74) is 1.43. The predicted octanol–water partition coefficient (Wildman–Crippen LogP) is 6.65. The lowest BCUT2D eigenvalue weighted by Crippen LogP contribution is -2.34. The van der Waals surface area contributed by atoms with Gasteiger partial charge in [0, 0.05) is 6.08 Å². The summed E-state index contributed by atoms with van der Waals surface area (Å²) in [4.78, 5) is 12.2. The van der Waals surface area contributed by atoms with Gasteiger partial charge in [0.05, 0.1) is 0 Å². The van der Waals surface area contributed by atoms with Crippen molar-refractivity contribution < 1.29 is 9.53 Å². The van der Waals surface area contributed by atoms with Gasteiger partial charge in [-0.25, -0.2) is 4.79 Å². The summed E-state index contributed by atoms with van der Waals surface area (Å²) in [6.07, 6.45) is 11.6. The highest BCUT2D eigenvalue weighted by Gasteiger charge is 2.36. The first kappa shape index (κ1) is 20.7. The number of rotatable bonds is 8. The first-order valence-electron chi connectivity index (χ1n) is 10.4. The minimum atomic E-state index is -0.219. The molecule has 3 atom stereocenters. The normalized spacial score (nSPS) is 23.7. The zero-order chi connectivity index (χ0) is 19.0. The van der Waals surface area contributed by atoms with Crippen LogP contribution < -0.4 is 0 Å². The maximum absolute atomic E-state index is 12.2. The lowest BCUT2D eigenvalue weighted by atomic mass is 9.62. The molecule has 1 aromatic carbocycles. The number of hydrogen-bond acceptors (Lipinski definition) is 2. The van der Waals surface area contributed by atoms with Crippen LogP contribution in [0.15, 0.2) is 36.4 Å². The van der Waals surface area contributed by atoms with Crippen molar-refractivity contribution >= 4 is 12.0 Å². The quantitative estimate of drug-likeness (QED) is 0.385. The molecule has 0 spiro atoms. The van der Waals surface area contributed by atoms with E-state index in [4.69, 9.17) is 4.74 Å². The van der Waals surface area contributed by atoms with Crippen LogP contribution in [0.5, 0.6) is 0 Å². The largest absolute Gasteiger partial charge is 0.459 e. The third-order valence-electron chi connectivity index (χ3n) is 6.08. The molecular weight excluding hydrogens is 320 g/mol. The maximum Gasteiger partial charge on any atom is 0.331 e. The maximum atomic E-state index is 12.2. The van der Waals surface area contributed by atoms with Gasteiger partial charge in [0.15, 0.2) is 0 Å². The highest BCUT2D eigenvalue weighted by Crippen LogP contribution is 2.46. The summed E-state index contributed by atoms with van der Waals surface area (Å²) >= 11 is 0. The van der Waals surface area contributed by atoms with Crippen molar-refractivity contribution in [2.45, 2.75) is 78.7 Å². The average molecular weight is 357 g/mol. The monoisotopic (exact) mass is 356 g/mol. The fraction of sp³-hybridized carbons (Fsp3) is 0.625. The highest BCUT2D eigenvalue weighted by atomic mass is 16.5. The predicted molar refractivity (Wildman–Crippen MR) is 110 cm³/mol. The average Bonchev–Trinajstić information content (AvgIpc) is 2.60. The Morgan fingerprint density at radius 3 is 2.65 bits per heavy atom. The summed E-state index contributed by atoms with van der Waals surface area (Å²) in [7, 11) is 0. The molecule has 1 aliphatic rings. The van der Waals surface area contributed by atoms with E-state index in [1.165, 1.54) is 19.3 Å². The number of hydrogen-bond donors (Lipinski definition) is 0. The Balaban J connectivity index is 1.89. The summed E-state index contributed by atoms with van der Waals surface area (Å²) < 4.78 is 5.78. The molecule has 1 unspecified atom stereocenters. The third kappa shape index (κ3) is 6.30. The Morgan fingerprint density at radius 2 is 2.00 bits per heavy atom. The molecular formula is C24H36O2. The van der Waals surface area contributed by atoms with Gasteiger partial charge in [-0.2, -0.15) is 0 Å². The summed E-state index contributed by atoms with van der Waals surface area (Å²) in [6.45, 7) is 9.39. The minimum absolute atomic E-state index is 0.0397. The molecule has 2 nitrogen and oxygen atoms in total. The van der Waals surface area contributed by atoms with E-state index in [1.807, 2.05) is 36.4 Å². The van der Waals surface area contributed by atoms with Gasteiger partial charge in [0.2, 0.25) is 0 Å². The van der Waals surface area contributed by atoms with E-state index in [-0.39, 0.29) is 12.1 Å². The number of carbonyl (C=O) groups is 1. The first-order valence-corrected chi connectivity index (χ1v) is 10.4. The van der Waals surface area contributed by atoms with Crippen LogP contribution in [0.2, 0.25) is 0 Å². The Kier molecular flexibility index (Phi) is 7.93. The van der Waals surface area contributed by atoms with Gasteiger partial charge in [0.1, 0.15) is 6.10 Å². The van der Waals surface area contributed by atoms with Gasteiger partial charge in [-0.05, 0) is 54.6 Å². The molecule has 144 valence electrons. The molecule has 1 aromatic rings. The van der Waals surface area contributed by atoms with E-state index in [2.05, 4.69) is 27.7 Å². The van der Waals surface area contributed by atoms with Crippen LogP contribution in [0.4, 0.5) is 0 Å². The van der Waals surface area contributed by atoms with Crippen LogP contribution in [-0.2, 0) is 9.53 Å². The van der Waals surface area contributed by atoms with Crippen LogP contribution in [0.1, 0.15) is 78.2 Å². The van der Waals surface area contributed by atoms with Crippen molar-refractivity contribution in [3.8, 4) is 0 Å². The second-order valence-electron chi connectivity index (χ2n) is 8.63. The Morgan fingerprint density at radius 1 is 1.27 bits per heavy atom. The fourth-order valence-corrected chi connectivity index (χ4v) is 4.59. The smallest absolute Gasteiger partial charge is 0.331 e. The summed E-state index contributed by atoms with van der Waals surface area (Å²) in [6, 6.07) is 9.89. The standard InChI is InChI=1S/C24H36O2/c1-5-10-21(15-16-22-19(2)11-9-18-24(22,3)4)26-23(25)17-14-20-12-7-6-8-13-20/h6-8,12-14,17,19,21-22H,5,9-11,15-16,18H2,1-4H3/t19-,21?,22+/m0/s1. The summed E-state index contributed by atoms with van der Waals surface area (Å²) in [5, 5.41) is 0. The molecule has 2 rings (SSSR count). The zero-order valence-electron chi connectivity index (χ0n) is 17.0. The van der Waals surface area contributed by atoms with Crippen LogP contribution in [0.25, 0.3) is 6.08 Å². The second-order valence-corrected chi connectivity index (χ2v) is 8.63. The minimum Gasteiger partial charge on any atom is -0.459 e. The Bertz CT molecular complexity index is 573. The molecule has 0 saturated heterocycles. The molecule has 0 heterocycles. The molecule has 0 amide bonds. The second kappa shape index (κ2) is 9.94. The molecule has 26 heavy (non-hydrogen) atoms. The Hall–Kier alpha value is -1.57. The van der Waals surface area contributed by atoms with E-state index >= 15 is 0 Å². The number of benzene rings is 1. The van der Waals surface area contributed by atoms with Crippen molar-refractivity contribution in [2.75, 3.05) is 0 Å². The molecule has 1 aliphatic carbocycles. The van der Waals surface area contributed by atoms with Gasteiger partial charge in [-0.1, -0.05) is 77.3 Å². The number of ether oxygens (including phenoxy) is 1. The van der Waals surface area contributed by atoms with Crippen LogP contribution in [-0.4, -0.2) is 12.1 Å². The molecule has 0 radical (unpaired) electrons. The van der Waals surface area contributed by atoms with E-state index < -0.39 is 0 Å². The molecule has 0 N–H and O–H groups in total. The van der Waals surface area contributed by atoms with Crippen LogP contribution in [0, 0.1) is 17.3 Å². The first-order chi connectivity index (χ1) is 12.4. The van der Waals surface area contributed by atoms with Crippen LogP contribution in [0.3, 0.4) is 0 Å². The lowest BCUT2D eigenvalue weighted by Gasteiger charge is -2.43. The van der Waals surface area contributed by atoms with E-state index in [0.717, 1.165) is 43.1 Å². The van der Waals surface area contributed by atoms with Crippen molar-refractivity contribution in [2.24, 2.45) is 17.3 Å². The fourth-order valence-electron chi connectivity index (χ4n) is 4.59. The SMILES string of the molecule is CCCC(CC[C@@H]1[C@@H](C)CCCC1(C)C)OC(=O)C=Cc1ccccc1. The summed E-state index contributed by atoms with van der Waals surface area (Å²) in [5.74, 6) is 1.28. The van der Waals surface area contributed by atoms with Gasteiger partial charge in [-0.3, -0.25) is 0 Å². The van der Waals surface area contributed by atoms with Crippen molar-refractivity contribution in [3.05, 3.63) is 42.0 Å². The van der Waals surface area contributed by atoms with Gasteiger partial charge in [0.25, 0.3) is 0 Å². The van der Waals surface area contributed by atoms with Gasteiger partial charge < -0.3 is 4.74 Å². The van der Waals surface area contributed by atoms with Crippen molar-refractivity contribution in [1.82, 2.24) is 0 Å². The molecule has 1 fully saturated rings. The Labute approximate surface area is 160 Å². The topological polar surface area (TPSA) is 26.3 Å². The molecule has 0 aliphatic heterocycles. The lowest BCUT2D eigenvalue weighted by molar-refractivity contribution is -0.143. The van der Waals surface area contributed by atoms with E-state index in [9.17, 15) is 4.79 Å². The molecule has 0 aromatic heterocycles. The number of carbonyl (C=O) groups excluding carboxylic acids is 1. The van der Waals surface area contributed by atoms with Crippen molar-refractivity contribution in [1.29, 1.82) is 0 Å². The number of esters is 1. The molecule has 1 saturated carbocycles. The van der Waals surface area contributed by atoms with Crippen LogP contribution >= 0.6 is 0 Å². The molecule has 0 bridgehead atoms. The van der Waals surface area contributed by atoms with E-state index in [0.29, 0.717) is 5.41 Å². The van der Waals surface area contributed by atoms with E-state index in [1.54, 1.807) is 6.08 Å². The molecule has 2 heteroatoms. The van der Waals surface area contributed by atoms with Crippen molar-refractivity contribution in [3.63, 3.8) is 0 Å². The zero-order valence-corrected chi connectivity index (χ0v) is 17.0. The highest BCUT2D eigenvalue weighted by molar-refractivity contribution is 5.87.